The van der Waals surface area contributed by atoms with Gasteiger partial charge in [0.2, 0.25) is 5.91 Å². The number of benzene rings is 2. The predicted octanol–water partition coefficient (Wildman–Crippen LogP) is 5.37. The van der Waals surface area contributed by atoms with Crippen molar-refractivity contribution in [2.45, 2.75) is 39.8 Å². The zero-order valence-electron chi connectivity index (χ0n) is 17.8. The minimum Gasteiger partial charge on any atom is -0.372 e. The zero-order valence-corrected chi connectivity index (χ0v) is 19.3. The summed E-state index contributed by atoms with van der Waals surface area (Å²) in [5, 5.41) is 4.29. The topological polar surface area (TPSA) is 35.6 Å². The van der Waals surface area contributed by atoms with Crippen molar-refractivity contribution in [3.05, 3.63) is 63.6 Å². The van der Waals surface area contributed by atoms with Crippen LogP contribution in [0.3, 0.4) is 0 Å². The Morgan fingerprint density at radius 1 is 1.00 bits per heavy atom. The molecule has 0 saturated carbocycles. The molecule has 0 aliphatic carbocycles. The van der Waals surface area contributed by atoms with Gasteiger partial charge in [-0.15, -0.1) is 0 Å². The molecule has 0 atom stereocenters. The molecule has 0 spiro atoms. The predicted molar refractivity (Wildman–Crippen MR) is 126 cm³/mol. The number of nitrogens with zero attached hydrogens (tertiary/aromatic N) is 2. The SMILES string of the molecule is CCN(CC)c1ccc(CNC(=O)C2CCN(Cc3ccc(Cl)c(Cl)c3)CC2)cc1. The van der Waals surface area contributed by atoms with Crippen LogP contribution in [0.2, 0.25) is 10.0 Å². The normalized spacial score (nSPS) is 15.2. The summed E-state index contributed by atoms with van der Waals surface area (Å²) in [7, 11) is 0. The van der Waals surface area contributed by atoms with E-state index in [-0.39, 0.29) is 11.8 Å². The number of nitrogens with one attached hydrogen (secondary N) is 1. The van der Waals surface area contributed by atoms with Crippen molar-refractivity contribution < 1.29 is 4.79 Å². The number of piperidine rings is 1. The molecule has 6 heteroatoms. The first-order chi connectivity index (χ1) is 14.5. The van der Waals surface area contributed by atoms with Crippen molar-refractivity contribution in [3.63, 3.8) is 0 Å². The Morgan fingerprint density at radius 3 is 2.23 bits per heavy atom. The number of hydrogen-bond donors (Lipinski definition) is 1. The van der Waals surface area contributed by atoms with Crippen LogP contribution in [-0.4, -0.2) is 37.0 Å². The highest BCUT2D eigenvalue weighted by atomic mass is 35.5. The molecule has 4 nitrogen and oxygen atoms in total. The molecule has 0 radical (unpaired) electrons. The van der Waals surface area contributed by atoms with Gasteiger partial charge in [0, 0.05) is 37.8 Å². The average molecular weight is 448 g/mol. The number of carbonyl (C=O) groups excluding carboxylic acids is 1. The van der Waals surface area contributed by atoms with Gasteiger partial charge in [-0.25, -0.2) is 0 Å². The van der Waals surface area contributed by atoms with Gasteiger partial charge in [0.25, 0.3) is 0 Å². The fraction of sp³-hybridized carbons (Fsp3) is 0.458. The minimum absolute atomic E-state index is 0.0880. The molecular weight excluding hydrogens is 417 g/mol. The maximum absolute atomic E-state index is 12.6. The third-order valence-corrected chi connectivity index (χ3v) is 6.62. The first-order valence-corrected chi connectivity index (χ1v) is 11.5. The third-order valence-electron chi connectivity index (χ3n) is 5.88. The Bertz CT molecular complexity index is 829. The van der Waals surface area contributed by atoms with Gasteiger partial charge in [0.15, 0.2) is 0 Å². The Morgan fingerprint density at radius 2 is 1.63 bits per heavy atom. The first-order valence-electron chi connectivity index (χ1n) is 10.8. The van der Waals surface area contributed by atoms with E-state index in [4.69, 9.17) is 23.2 Å². The summed E-state index contributed by atoms with van der Waals surface area (Å²) in [6.45, 7) is 9.56. The molecule has 1 aliphatic rings. The summed E-state index contributed by atoms with van der Waals surface area (Å²) in [5.41, 5.74) is 3.51. The van der Waals surface area contributed by atoms with E-state index in [9.17, 15) is 4.79 Å². The molecule has 1 amide bonds. The molecule has 162 valence electrons. The second kappa shape index (κ2) is 11.0. The van der Waals surface area contributed by atoms with Crippen LogP contribution in [0.15, 0.2) is 42.5 Å². The van der Waals surface area contributed by atoms with Crippen LogP contribution in [0, 0.1) is 5.92 Å². The lowest BCUT2D eigenvalue weighted by atomic mass is 9.95. The van der Waals surface area contributed by atoms with E-state index >= 15 is 0 Å². The molecule has 1 N–H and O–H groups in total. The van der Waals surface area contributed by atoms with E-state index in [0.717, 1.165) is 56.7 Å². The van der Waals surface area contributed by atoms with Gasteiger partial charge in [0.1, 0.15) is 0 Å². The molecule has 3 rings (SSSR count). The van der Waals surface area contributed by atoms with Gasteiger partial charge < -0.3 is 10.2 Å². The second-order valence-electron chi connectivity index (χ2n) is 7.86. The molecule has 2 aromatic rings. The van der Waals surface area contributed by atoms with E-state index in [1.807, 2.05) is 18.2 Å². The fourth-order valence-electron chi connectivity index (χ4n) is 4.00. The molecule has 0 unspecified atom stereocenters. The van der Waals surface area contributed by atoms with Gasteiger partial charge in [-0.05, 0) is 75.2 Å². The number of likely N-dealkylation sites (tertiary alicyclic amines) is 1. The van der Waals surface area contributed by atoms with Crippen LogP contribution < -0.4 is 10.2 Å². The Balaban J connectivity index is 1.43. The van der Waals surface area contributed by atoms with Gasteiger partial charge in [-0.3, -0.25) is 9.69 Å². The molecule has 2 aromatic carbocycles. The van der Waals surface area contributed by atoms with Crippen molar-refractivity contribution in [1.82, 2.24) is 10.2 Å². The van der Waals surface area contributed by atoms with Crippen LogP contribution in [-0.2, 0) is 17.9 Å². The van der Waals surface area contributed by atoms with E-state index in [1.165, 1.54) is 5.69 Å². The molecular formula is C24H31Cl2N3O. The molecule has 0 bridgehead atoms. The number of anilines is 1. The second-order valence-corrected chi connectivity index (χ2v) is 8.67. The lowest BCUT2D eigenvalue weighted by Crippen LogP contribution is -2.40. The summed E-state index contributed by atoms with van der Waals surface area (Å²) in [6.07, 6.45) is 1.77. The first kappa shape index (κ1) is 22.9. The number of halogens is 2. The van der Waals surface area contributed by atoms with E-state index in [0.29, 0.717) is 16.6 Å². The van der Waals surface area contributed by atoms with Gasteiger partial charge in [-0.2, -0.15) is 0 Å². The highest BCUT2D eigenvalue weighted by Gasteiger charge is 2.24. The highest BCUT2D eigenvalue weighted by Crippen LogP contribution is 2.25. The maximum Gasteiger partial charge on any atom is 0.223 e. The lowest BCUT2D eigenvalue weighted by molar-refractivity contribution is -0.126. The van der Waals surface area contributed by atoms with Crippen molar-refractivity contribution >= 4 is 34.8 Å². The van der Waals surface area contributed by atoms with Crippen molar-refractivity contribution in [2.75, 3.05) is 31.1 Å². The van der Waals surface area contributed by atoms with Gasteiger partial charge in [-0.1, -0.05) is 41.4 Å². The number of carbonyl (C=O) groups is 1. The van der Waals surface area contributed by atoms with E-state index in [1.54, 1.807) is 0 Å². The average Bonchev–Trinajstić information content (AvgIpc) is 2.77. The Kier molecular flexibility index (Phi) is 8.43. The Labute approximate surface area is 190 Å². The van der Waals surface area contributed by atoms with Crippen LogP contribution in [0.1, 0.15) is 37.8 Å². The summed E-state index contributed by atoms with van der Waals surface area (Å²) < 4.78 is 0. The molecule has 0 aromatic heterocycles. The monoisotopic (exact) mass is 447 g/mol. The largest absolute Gasteiger partial charge is 0.372 e. The van der Waals surface area contributed by atoms with Gasteiger partial charge in [0.05, 0.1) is 10.0 Å². The lowest BCUT2D eigenvalue weighted by Gasteiger charge is -2.31. The van der Waals surface area contributed by atoms with Crippen LogP contribution >= 0.6 is 23.2 Å². The molecule has 1 saturated heterocycles. The summed E-state index contributed by atoms with van der Waals surface area (Å²) in [5.74, 6) is 0.252. The van der Waals surface area contributed by atoms with Crippen molar-refractivity contribution in [2.24, 2.45) is 5.92 Å². The summed E-state index contributed by atoms with van der Waals surface area (Å²) >= 11 is 12.1. The van der Waals surface area contributed by atoms with Crippen LogP contribution in [0.25, 0.3) is 0 Å². The van der Waals surface area contributed by atoms with Gasteiger partial charge >= 0.3 is 0 Å². The molecule has 1 heterocycles. The highest BCUT2D eigenvalue weighted by molar-refractivity contribution is 6.42. The Hall–Kier alpha value is -1.75. The molecule has 1 aliphatic heterocycles. The van der Waals surface area contributed by atoms with E-state index < -0.39 is 0 Å². The summed E-state index contributed by atoms with van der Waals surface area (Å²) in [6, 6.07) is 14.3. The summed E-state index contributed by atoms with van der Waals surface area (Å²) in [4.78, 5) is 17.3. The zero-order chi connectivity index (χ0) is 21.5. The number of hydrogen-bond acceptors (Lipinski definition) is 3. The smallest absolute Gasteiger partial charge is 0.223 e. The third kappa shape index (κ3) is 6.13. The van der Waals surface area contributed by atoms with Crippen LogP contribution in [0.4, 0.5) is 5.69 Å². The number of amides is 1. The van der Waals surface area contributed by atoms with Crippen LogP contribution in [0.5, 0.6) is 0 Å². The quantitative estimate of drug-likeness (QED) is 0.590. The molecule has 30 heavy (non-hydrogen) atoms. The standard InChI is InChI=1S/C24H31Cl2N3O/c1-3-29(4-2)21-8-5-18(6-9-21)16-27-24(30)20-11-13-28(14-12-20)17-19-7-10-22(25)23(26)15-19/h5-10,15,20H,3-4,11-14,16-17H2,1-2H3,(H,27,30). The van der Waals surface area contributed by atoms with E-state index in [2.05, 4.69) is 53.2 Å². The van der Waals surface area contributed by atoms with Crippen molar-refractivity contribution in [1.29, 1.82) is 0 Å². The number of rotatable bonds is 8. The fourth-order valence-corrected chi connectivity index (χ4v) is 4.32. The minimum atomic E-state index is 0.0880. The van der Waals surface area contributed by atoms with Crippen molar-refractivity contribution in [3.8, 4) is 0 Å². The maximum atomic E-state index is 12.6. The molecule has 1 fully saturated rings.